The van der Waals surface area contributed by atoms with Crippen LogP contribution < -0.4 is 0 Å². The number of aliphatic hydroxyl groups excluding tert-OH is 1. The molecule has 3 heterocycles. The van der Waals surface area contributed by atoms with Gasteiger partial charge in [0.25, 0.3) is 0 Å². The molecule has 1 fully saturated rings. The predicted molar refractivity (Wildman–Crippen MR) is 77.8 cm³/mol. The van der Waals surface area contributed by atoms with Gasteiger partial charge in [0, 0.05) is 30.8 Å². The summed E-state index contributed by atoms with van der Waals surface area (Å²) >= 11 is 7.86. The summed E-state index contributed by atoms with van der Waals surface area (Å²) in [4.78, 5) is 7.82. The first-order chi connectivity index (χ1) is 9.29. The van der Waals surface area contributed by atoms with Crippen molar-refractivity contribution in [2.45, 2.75) is 38.3 Å². The molecule has 104 valence electrons. The Morgan fingerprint density at radius 3 is 3.26 bits per heavy atom. The van der Waals surface area contributed by atoms with Gasteiger partial charge in [0.2, 0.25) is 0 Å². The molecule has 0 aromatic carbocycles. The highest BCUT2D eigenvalue weighted by Crippen LogP contribution is 2.27. The van der Waals surface area contributed by atoms with E-state index in [-0.39, 0.29) is 6.61 Å². The van der Waals surface area contributed by atoms with E-state index in [1.54, 1.807) is 11.3 Å². The number of hydrogen-bond donors (Lipinski definition) is 1. The summed E-state index contributed by atoms with van der Waals surface area (Å²) in [6.45, 7) is 2.25. The predicted octanol–water partition coefficient (Wildman–Crippen LogP) is 2.79. The number of rotatable bonds is 5. The Kier molecular flexibility index (Phi) is 4.07. The van der Waals surface area contributed by atoms with Crippen LogP contribution in [0.15, 0.2) is 11.6 Å². The second-order valence-electron chi connectivity index (χ2n) is 5.04. The molecule has 1 aliphatic rings. The van der Waals surface area contributed by atoms with E-state index in [9.17, 15) is 0 Å². The molecule has 19 heavy (non-hydrogen) atoms. The van der Waals surface area contributed by atoms with Crippen molar-refractivity contribution in [1.29, 1.82) is 0 Å². The van der Waals surface area contributed by atoms with E-state index in [1.165, 1.54) is 12.8 Å². The van der Waals surface area contributed by atoms with Gasteiger partial charge in [0.1, 0.15) is 0 Å². The summed E-state index contributed by atoms with van der Waals surface area (Å²) in [6.07, 6.45) is 6.45. The lowest BCUT2D eigenvalue weighted by atomic mass is 10.1. The Bertz CT molecular complexity index is 553. The molecule has 4 nitrogen and oxygen atoms in total. The zero-order valence-corrected chi connectivity index (χ0v) is 12.3. The summed E-state index contributed by atoms with van der Waals surface area (Å²) in [5.74, 6) is 0. The number of thiazole rings is 1. The number of fused-ring (bicyclic) bond motifs is 1. The monoisotopic (exact) mass is 299 g/mol. The topological polar surface area (TPSA) is 40.8 Å². The van der Waals surface area contributed by atoms with E-state index >= 15 is 0 Å². The summed E-state index contributed by atoms with van der Waals surface area (Å²) in [7, 11) is 0. The number of nitrogens with zero attached hydrogens (tertiary/aromatic N) is 3. The minimum Gasteiger partial charge on any atom is -0.396 e. The molecule has 1 atom stereocenters. The Labute approximate surface area is 121 Å². The van der Waals surface area contributed by atoms with E-state index in [0.717, 1.165) is 36.6 Å². The van der Waals surface area contributed by atoms with Crippen molar-refractivity contribution in [3.8, 4) is 0 Å². The lowest BCUT2D eigenvalue weighted by Crippen LogP contribution is -2.29. The smallest absolute Gasteiger partial charge is 0.195 e. The molecule has 0 aliphatic carbocycles. The van der Waals surface area contributed by atoms with Crippen molar-refractivity contribution in [2.75, 3.05) is 13.2 Å². The van der Waals surface area contributed by atoms with Crippen LogP contribution in [0.1, 0.15) is 31.4 Å². The molecular weight excluding hydrogens is 282 g/mol. The third-order valence-electron chi connectivity index (χ3n) is 3.86. The molecule has 0 spiro atoms. The minimum atomic E-state index is 0.284. The molecule has 1 N–H and O–H groups in total. The van der Waals surface area contributed by atoms with Crippen LogP contribution in [0.4, 0.5) is 0 Å². The van der Waals surface area contributed by atoms with Crippen molar-refractivity contribution < 1.29 is 5.11 Å². The average molecular weight is 300 g/mol. The van der Waals surface area contributed by atoms with E-state index in [2.05, 4.69) is 14.3 Å². The second-order valence-corrected chi connectivity index (χ2v) is 6.27. The third kappa shape index (κ3) is 2.65. The van der Waals surface area contributed by atoms with Gasteiger partial charge >= 0.3 is 0 Å². The van der Waals surface area contributed by atoms with Gasteiger partial charge in [-0.15, -0.1) is 11.3 Å². The van der Waals surface area contributed by atoms with Crippen LogP contribution in [0, 0.1) is 0 Å². The van der Waals surface area contributed by atoms with Gasteiger partial charge in [-0.3, -0.25) is 9.30 Å². The molecule has 2 aromatic heterocycles. The average Bonchev–Trinajstić information content (AvgIpc) is 3.07. The fourth-order valence-corrected chi connectivity index (χ4v) is 3.91. The highest BCUT2D eigenvalue weighted by Gasteiger charge is 2.26. The Balaban J connectivity index is 1.76. The van der Waals surface area contributed by atoms with Crippen molar-refractivity contribution in [2.24, 2.45) is 0 Å². The van der Waals surface area contributed by atoms with Gasteiger partial charge < -0.3 is 5.11 Å². The van der Waals surface area contributed by atoms with Crippen LogP contribution in [0.2, 0.25) is 5.15 Å². The molecule has 3 rings (SSSR count). The maximum atomic E-state index is 8.97. The summed E-state index contributed by atoms with van der Waals surface area (Å²) in [5, 5.41) is 11.6. The lowest BCUT2D eigenvalue weighted by Gasteiger charge is -2.24. The molecule has 0 amide bonds. The first kappa shape index (κ1) is 13.4. The normalized spacial score (nSPS) is 20.6. The Morgan fingerprint density at radius 2 is 2.42 bits per heavy atom. The van der Waals surface area contributed by atoms with E-state index in [0.29, 0.717) is 11.2 Å². The number of halogens is 1. The van der Waals surface area contributed by atoms with Gasteiger partial charge in [-0.25, -0.2) is 4.98 Å². The SMILES string of the molecule is OCCCC1CCCN1Cc1c(Cl)nc2sccn12. The van der Waals surface area contributed by atoms with Gasteiger partial charge in [0.15, 0.2) is 10.1 Å². The van der Waals surface area contributed by atoms with Crippen molar-refractivity contribution >= 4 is 27.9 Å². The molecule has 1 aliphatic heterocycles. The van der Waals surface area contributed by atoms with Crippen molar-refractivity contribution in [3.63, 3.8) is 0 Å². The molecule has 1 unspecified atom stereocenters. The van der Waals surface area contributed by atoms with Gasteiger partial charge in [0.05, 0.1) is 5.69 Å². The molecule has 1 saturated heterocycles. The van der Waals surface area contributed by atoms with Crippen LogP contribution in [0.25, 0.3) is 4.96 Å². The minimum absolute atomic E-state index is 0.284. The van der Waals surface area contributed by atoms with Crippen LogP contribution in [-0.2, 0) is 6.54 Å². The molecule has 0 saturated carbocycles. The maximum absolute atomic E-state index is 8.97. The van der Waals surface area contributed by atoms with Gasteiger partial charge in [-0.2, -0.15) is 0 Å². The largest absolute Gasteiger partial charge is 0.396 e. The van der Waals surface area contributed by atoms with Crippen molar-refractivity contribution in [1.82, 2.24) is 14.3 Å². The van der Waals surface area contributed by atoms with E-state index in [4.69, 9.17) is 16.7 Å². The standard InChI is InChI=1S/C13H18ClN3OS/c14-12-11(17-6-8-19-13(17)15-12)9-16-5-1-3-10(16)4-2-7-18/h6,8,10,18H,1-5,7,9H2. The zero-order chi connectivity index (χ0) is 13.2. The second kappa shape index (κ2) is 5.79. The number of likely N-dealkylation sites (tertiary alicyclic amines) is 1. The number of aliphatic hydroxyl groups is 1. The van der Waals surface area contributed by atoms with Crippen LogP contribution in [-0.4, -0.2) is 38.6 Å². The van der Waals surface area contributed by atoms with E-state index in [1.807, 2.05) is 11.6 Å². The molecule has 6 heteroatoms. The zero-order valence-electron chi connectivity index (χ0n) is 10.8. The van der Waals surface area contributed by atoms with E-state index < -0.39 is 0 Å². The highest BCUT2D eigenvalue weighted by atomic mass is 35.5. The quantitative estimate of drug-likeness (QED) is 0.923. The lowest BCUT2D eigenvalue weighted by molar-refractivity contribution is 0.208. The molecule has 2 aromatic rings. The highest BCUT2D eigenvalue weighted by molar-refractivity contribution is 7.15. The first-order valence-electron chi connectivity index (χ1n) is 6.74. The number of imidazole rings is 1. The fourth-order valence-electron chi connectivity index (χ4n) is 2.90. The Morgan fingerprint density at radius 1 is 1.53 bits per heavy atom. The van der Waals surface area contributed by atoms with Crippen LogP contribution in [0.3, 0.4) is 0 Å². The van der Waals surface area contributed by atoms with Crippen LogP contribution >= 0.6 is 22.9 Å². The van der Waals surface area contributed by atoms with Gasteiger partial charge in [-0.05, 0) is 32.2 Å². The van der Waals surface area contributed by atoms with Crippen LogP contribution in [0.5, 0.6) is 0 Å². The maximum Gasteiger partial charge on any atom is 0.195 e. The number of aromatic nitrogens is 2. The molecular formula is C13H18ClN3OS. The summed E-state index contributed by atoms with van der Waals surface area (Å²) < 4.78 is 2.09. The van der Waals surface area contributed by atoms with Crippen molar-refractivity contribution in [3.05, 3.63) is 22.4 Å². The molecule has 0 bridgehead atoms. The summed E-state index contributed by atoms with van der Waals surface area (Å²) in [5.41, 5.74) is 1.09. The summed E-state index contributed by atoms with van der Waals surface area (Å²) in [6, 6.07) is 0.576. The fraction of sp³-hybridized carbons (Fsp3) is 0.615. The third-order valence-corrected chi connectivity index (χ3v) is 4.92. The number of hydrogen-bond acceptors (Lipinski definition) is 4. The Hall–Kier alpha value is -0.620. The molecule has 0 radical (unpaired) electrons. The first-order valence-corrected chi connectivity index (χ1v) is 8.00. The van der Waals surface area contributed by atoms with Gasteiger partial charge in [-0.1, -0.05) is 11.6 Å².